The highest BCUT2D eigenvalue weighted by atomic mass is 32.2. The summed E-state index contributed by atoms with van der Waals surface area (Å²) in [7, 11) is -3.66. The summed E-state index contributed by atoms with van der Waals surface area (Å²) in [6, 6.07) is 15.2. The molecule has 3 aromatic rings. The molecule has 2 aromatic carbocycles. The molecule has 0 N–H and O–H groups in total. The minimum atomic E-state index is -3.66. The lowest BCUT2D eigenvalue weighted by molar-refractivity contribution is -0.116. The molecule has 0 saturated carbocycles. The van der Waals surface area contributed by atoms with Gasteiger partial charge in [-0.05, 0) is 61.1 Å². The lowest BCUT2D eigenvalue weighted by Crippen LogP contribution is -2.49. The van der Waals surface area contributed by atoms with Crippen LogP contribution in [0.4, 0.5) is 0 Å². The van der Waals surface area contributed by atoms with Gasteiger partial charge in [0.2, 0.25) is 10.0 Å². The molecule has 1 fully saturated rings. The number of benzene rings is 2. The van der Waals surface area contributed by atoms with Crippen LogP contribution < -0.4 is 0 Å². The lowest BCUT2D eigenvalue weighted by atomic mass is 9.66. The monoisotopic (exact) mass is 499 g/mol. The van der Waals surface area contributed by atoms with Gasteiger partial charge >= 0.3 is 0 Å². The van der Waals surface area contributed by atoms with E-state index in [1.807, 2.05) is 19.1 Å². The molecule has 0 bridgehead atoms. The highest BCUT2D eigenvalue weighted by molar-refractivity contribution is 7.89. The molecule has 36 heavy (non-hydrogen) atoms. The van der Waals surface area contributed by atoms with Crippen LogP contribution in [0.3, 0.4) is 0 Å². The minimum Gasteiger partial charge on any atom is -0.295 e. The Morgan fingerprint density at radius 1 is 1.00 bits per heavy atom. The number of carbonyl (C=O) groups is 1. The largest absolute Gasteiger partial charge is 0.295 e. The zero-order chi connectivity index (χ0) is 25.3. The third-order valence-corrected chi connectivity index (χ3v) is 9.21. The average Bonchev–Trinajstić information content (AvgIpc) is 2.89. The molecule has 184 valence electrons. The Kier molecular flexibility index (Phi) is 6.45. The van der Waals surface area contributed by atoms with Gasteiger partial charge in [0, 0.05) is 42.9 Å². The van der Waals surface area contributed by atoms with Gasteiger partial charge in [-0.3, -0.25) is 4.79 Å². The average molecular weight is 500 g/mol. The van der Waals surface area contributed by atoms with Crippen molar-refractivity contribution < 1.29 is 13.2 Å². The number of aromatic nitrogens is 2. The van der Waals surface area contributed by atoms with Gasteiger partial charge in [-0.1, -0.05) is 54.1 Å². The van der Waals surface area contributed by atoms with Gasteiger partial charge in [0.05, 0.1) is 4.90 Å². The Bertz CT molecular complexity index is 1430. The predicted molar refractivity (Wildman–Crippen MR) is 140 cm³/mol. The summed E-state index contributed by atoms with van der Waals surface area (Å²) in [6.45, 7) is 6.57. The molecule has 5 rings (SSSR count). The van der Waals surface area contributed by atoms with E-state index in [1.165, 1.54) is 6.33 Å². The first kappa shape index (κ1) is 24.3. The number of fused-ring (bicyclic) bond motifs is 1. The standard InChI is InChI=1S/C29H29N3O3S/c1-21(2)23-7-9-28(10-8-23)36(34,35)32-14-12-26-15-27(33)11-13-29(26,19-32)16-22-3-5-24(6-4-22)25-17-30-20-31-18-25/h3-10,15,17-18,20H,1,11-14,16,19H2,2H3. The van der Waals surface area contributed by atoms with Crippen LogP contribution in [0, 0.1) is 5.41 Å². The molecule has 1 saturated heterocycles. The first-order valence-electron chi connectivity index (χ1n) is 12.1. The highest BCUT2D eigenvalue weighted by Crippen LogP contribution is 2.46. The Balaban J connectivity index is 1.43. The van der Waals surface area contributed by atoms with E-state index >= 15 is 0 Å². The van der Waals surface area contributed by atoms with Crippen molar-refractivity contribution >= 4 is 21.4 Å². The van der Waals surface area contributed by atoms with Crippen molar-refractivity contribution in [2.24, 2.45) is 5.41 Å². The maximum Gasteiger partial charge on any atom is 0.243 e. The van der Waals surface area contributed by atoms with E-state index in [0.717, 1.165) is 33.4 Å². The summed E-state index contributed by atoms with van der Waals surface area (Å²) in [5, 5.41) is 0. The van der Waals surface area contributed by atoms with E-state index in [1.54, 1.807) is 47.0 Å². The van der Waals surface area contributed by atoms with Crippen LogP contribution >= 0.6 is 0 Å². The number of ketones is 1. The normalized spacial score (nSPS) is 20.5. The van der Waals surface area contributed by atoms with E-state index in [4.69, 9.17) is 0 Å². The summed E-state index contributed by atoms with van der Waals surface area (Å²) in [6.07, 6.45) is 9.16. The van der Waals surface area contributed by atoms with E-state index in [2.05, 4.69) is 28.7 Å². The second-order valence-corrected chi connectivity index (χ2v) is 11.7. The van der Waals surface area contributed by atoms with E-state index in [9.17, 15) is 13.2 Å². The molecule has 6 nitrogen and oxygen atoms in total. The van der Waals surface area contributed by atoms with Crippen LogP contribution in [0.25, 0.3) is 16.7 Å². The van der Waals surface area contributed by atoms with E-state index in [-0.39, 0.29) is 10.7 Å². The van der Waals surface area contributed by atoms with Gasteiger partial charge in [-0.25, -0.2) is 18.4 Å². The number of hydrogen-bond donors (Lipinski definition) is 0. The molecule has 7 heteroatoms. The van der Waals surface area contributed by atoms with Crippen LogP contribution in [0.1, 0.15) is 37.3 Å². The second-order valence-electron chi connectivity index (χ2n) is 9.81. The Morgan fingerprint density at radius 2 is 1.69 bits per heavy atom. The SMILES string of the molecule is C=C(C)c1ccc(S(=O)(=O)N2CCC3=CC(=O)CCC3(Cc3ccc(-c4cncnc4)cc3)C2)cc1. The smallest absolute Gasteiger partial charge is 0.243 e. The maximum atomic E-state index is 13.6. The molecular formula is C29H29N3O3S. The van der Waals surface area contributed by atoms with Gasteiger partial charge in [-0.2, -0.15) is 4.31 Å². The molecular weight excluding hydrogens is 470 g/mol. The van der Waals surface area contributed by atoms with Crippen molar-refractivity contribution in [3.63, 3.8) is 0 Å². The maximum absolute atomic E-state index is 13.6. The fourth-order valence-corrected chi connectivity index (χ4v) is 6.83. The van der Waals surface area contributed by atoms with E-state index in [0.29, 0.717) is 38.8 Å². The van der Waals surface area contributed by atoms with Gasteiger partial charge in [-0.15, -0.1) is 0 Å². The molecule has 1 aliphatic heterocycles. The number of allylic oxidation sites excluding steroid dienone is 2. The van der Waals surface area contributed by atoms with Gasteiger partial charge < -0.3 is 0 Å². The molecule has 0 radical (unpaired) electrons. The van der Waals surface area contributed by atoms with Crippen molar-refractivity contribution in [3.8, 4) is 11.1 Å². The van der Waals surface area contributed by atoms with Crippen LogP contribution in [-0.2, 0) is 21.2 Å². The summed E-state index contributed by atoms with van der Waals surface area (Å²) in [5.74, 6) is 0.131. The molecule has 1 atom stereocenters. The number of nitrogens with zero attached hydrogens (tertiary/aromatic N) is 3. The summed E-state index contributed by atoms with van der Waals surface area (Å²) in [5.41, 5.74) is 5.57. The van der Waals surface area contributed by atoms with Crippen molar-refractivity contribution in [1.29, 1.82) is 0 Å². The number of carbonyl (C=O) groups excluding carboxylic acids is 1. The Morgan fingerprint density at radius 3 is 2.36 bits per heavy atom. The molecule has 0 amide bonds. The molecule has 1 aromatic heterocycles. The number of hydrogen-bond acceptors (Lipinski definition) is 5. The number of sulfonamides is 1. The van der Waals surface area contributed by atoms with Crippen molar-refractivity contribution in [3.05, 3.63) is 96.6 Å². The van der Waals surface area contributed by atoms with Crippen LogP contribution in [0.2, 0.25) is 0 Å². The summed E-state index contributed by atoms with van der Waals surface area (Å²) < 4.78 is 28.8. The fourth-order valence-electron chi connectivity index (χ4n) is 5.30. The van der Waals surface area contributed by atoms with Gasteiger partial charge in [0.15, 0.2) is 5.78 Å². The second kappa shape index (κ2) is 9.56. The molecule has 2 aliphatic rings. The first-order valence-corrected chi connectivity index (χ1v) is 13.6. The number of piperidine rings is 1. The first-order chi connectivity index (χ1) is 17.3. The zero-order valence-corrected chi connectivity index (χ0v) is 21.2. The highest BCUT2D eigenvalue weighted by Gasteiger charge is 2.45. The van der Waals surface area contributed by atoms with Gasteiger partial charge in [0.1, 0.15) is 6.33 Å². The van der Waals surface area contributed by atoms with Crippen LogP contribution in [-0.4, -0.2) is 41.6 Å². The lowest BCUT2D eigenvalue weighted by Gasteiger charge is -2.46. The Labute approximate surface area is 212 Å². The van der Waals surface area contributed by atoms with Crippen LogP contribution in [0.5, 0.6) is 0 Å². The Hall–Kier alpha value is -3.42. The van der Waals surface area contributed by atoms with E-state index < -0.39 is 15.4 Å². The molecule has 1 unspecified atom stereocenters. The fraction of sp³-hybridized carbons (Fsp3) is 0.276. The summed E-state index contributed by atoms with van der Waals surface area (Å²) in [4.78, 5) is 20.7. The predicted octanol–water partition coefficient (Wildman–Crippen LogP) is 5.09. The van der Waals surface area contributed by atoms with Crippen molar-refractivity contribution in [2.75, 3.05) is 13.1 Å². The minimum absolute atomic E-state index is 0.131. The number of rotatable bonds is 6. The molecule has 1 aliphatic carbocycles. The van der Waals surface area contributed by atoms with Crippen LogP contribution in [0.15, 0.2) is 90.4 Å². The topological polar surface area (TPSA) is 80.2 Å². The third-order valence-electron chi connectivity index (χ3n) is 7.35. The quantitative estimate of drug-likeness (QED) is 0.472. The third kappa shape index (κ3) is 4.68. The summed E-state index contributed by atoms with van der Waals surface area (Å²) >= 11 is 0. The van der Waals surface area contributed by atoms with Crippen molar-refractivity contribution in [1.82, 2.24) is 14.3 Å². The molecule has 2 heterocycles. The molecule has 0 spiro atoms. The van der Waals surface area contributed by atoms with Gasteiger partial charge in [0.25, 0.3) is 0 Å². The zero-order valence-electron chi connectivity index (χ0n) is 20.4. The van der Waals surface area contributed by atoms with Crippen molar-refractivity contribution in [2.45, 2.75) is 37.5 Å².